The Bertz CT molecular complexity index is 839. The molecule has 3 aromatic rings. The number of amides is 1. The van der Waals surface area contributed by atoms with Crippen molar-refractivity contribution in [2.45, 2.75) is 6.10 Å². The molecular weight excluding hydrogens is 374 g/mol. The van der Waals surface area contributed by atoms with E-state index in [-0.39, 0.29) is 0 Å². The third-order valence-corrected chi connectivity index (χ3v) is 3.98. The lowest BCUT2D eigenvalue weighted by molar-refractivity contribution is -0.342. The molecule has 1 heterocycles. The minimum atomic E-state index is -2.12. The van der Waals surface area contributed by atoms with Gasteiger partial charge in [-0.2, -0.15) is 5.53 Å². The van der Waals surface area contributed by atoms with Crippen molar-refractivity contribution >= 4 is 5.91 Å². The van der Waals surface area contributed by atoms with E-state index in [0.717, 1.165) is 5.01 Å². The molecule has 0 bridgehead atoms. The Labute approximate surface area is 167 Å². The zero-order valence-corrected chi connectivity index (χ0v) is 15.3. The van der Waals surface area contributed by atoms with Gasteiger partial charge in [0, 0.05) is 0 Å². The fraction of sp³-hybridized carbons (Fsp3) is 0.0952. The molecule has 0 spiro atoms. The first-order chi connectivity index (χ1) is 14.1. The van der Waals surface area contributed by atoms with Crippen LogP contribution in [-0.2, 0) is 4.79 Å². The van der Waals surface area contributed by atoms with Gasteiger partial charge in [-0.1, -0.05) is 54.6 Å². The first-order valence-corrected chi connectivity index (χ1v) is 8.91. The minimum Gasteiger partial charge on any atom is -0.770 e. The fourth-order valence-corrected chi connectivity index (χ4v) is 2.72. The second-order valence-electron chi connectivity index (χ2n) is 6.13. The van der Waals surface area contributed by atoms with Gasteiger partial charge < -0.3 is 19.4 Å². The predicted molar refractivity (Wildman–Crippen MR) is 104 cm³/mol. The summed E-state index contributed by atoms with van der Waals surface area (Å²) in [5, 5.41) is 13.1. The molecule has 1 fully saturated rings. The highest BCUT2D eigenvalue weighted by molar-refractivity contribution is 5.79. The number of hydroxylamine groups is 1. The monoisotopic (exact) mass is 392 g/mol. The first-order valence-electron chi connectivity index (χ1n) is 8.91. The lowest BCUT2D eigenvalue weighted by Gasteiger charge is -2.39. The molecule has 1 amide bonds. The number of para-hydroxylation sites is 3. The lowest BCUT2D eigenvalue weighted by atomic mass is 10.3. The summed E-state index contributed by atoms with van der Waals surface area (Å²) in [6.45, 7) is -0.420. The highest BCUT2D eigenvalue weighted by Gasteiger charge is 2.52. The number of benzene rings is 3. The molecule has 1 aliphatic rings. The fourth-order valence-electron chi connectivity index (χ4n) is 2.72. The Morgan fingerprint density at radius 1 is 0.724 bits per heavy atom. The van der Waals surface area contributed by atoms with Crippen LogP contribution in [0.4, 0.5) is 0 Å². The number of hydrazine groups is 2. The number of hydrogen-bond acceptors (Lipinski definition) is 7. The summed E-state index contributed by atoms with van der Waals surface area (Å²) in [4.78, 5) is 12.6. The third kappa shape index (κ3) is 4.30. The van der Waals surface area contributed by atoms with Gasteiger partial charge in [-0.3, -0.25) is 9.97 Å². The van der Waals surface area contributed by atoms with E-state index in [2.05, 4.69) is 5.53 Å². The molecular formula is C21H18N3O5-. The lowest BCUT2D eigenvalue weighted by Crippen LogP contribution is -2.66. The molecule has 148 valence electrons. The van der Waals surface area contributed by atoms with Gasteiger partial charge in [0.25, 0.3) is 5.91 Å². The average Bonchev–Trinajstić information content (AvgIpc) is 3.09. The molecule has 0 aromatic heterocycles. The Hall–Kier alpha value is -3.59. The van der Waals surface area contributed by atoms with Crippen molar-refractivity contribution in [2.75, 3.05) is 6.54 Å². The van der Waals surface area contributed by atoms with Crippen LogP contribution >= 0.6 is 0 Å². The highest BCUT2D eigenvalue weighted by atomic mass is 16.9. The van der Waals surface area contributed by atoms with Crippen LogP contribution in [0.2, 0.25) is 0 Å². The molecule has 0 radical (unpaired) electrons. The van der Waals surface area contributed by atoms with E-state index in [4.69, 9.17) is 14.2 Å². The SMILES string of the molecule is O=C1CN([O-])NN1C(Oc1ccccc1)(Oc1ccccc1)Oc1ccccc1. The summed E-state index contributed by atoms with van der Waals surface area (Å²) in [5.74, 6) is 0.540. The summed E-state index contributed by atoms with van der Waals surface area (Å²) in [6.07, 6.45) is -2.12. The first kappa shape index (κ1) is 18.8. The van der Waals surface area contributed by atoms with Gasteiger partial charge in [0.1, 0.15) is 17.2 Å². The summed E-state index contributed by atoms with van der Waals surface area (Å²) >= 11 is 0. The van der Waals surface area contributed by atoms with E-state index in [1.165, 1.54) is 0 Å². The van der Waals surface area contributed by atoms with E-state index in [1.54, 1.807) is 72.8 Å². The maximum absolute atomic E-state index is 12.6. The number of hydrogen-bond donors (Lipinski definition) is 1. The van der Waals surface area contributed by atoms with Crippen molar-refractivity contribution in [3.8, 4) is 17.2 Å². The molecule has 0 unspecified atom stereocenters. The summed E-state index contributed by atoms with van der Waals surface area (Å²) in [6, 6.07) is 26.2. The largest absolute Gasteiger partial charge is 0.770 e. The number of nitrogens with zero attached hydrogens (tertiary/aromatic N) is 2. The van der Waals surface area contributed by atoms with E-state index >= 15 is 0 Å². The van der Waals surface area contributed by atoms with E-state index in [0.29, 0.717) is 22.4 Å². The van der Waals surface area contributed by atoms with Crippen LogP contribution in [0.3, 0.4) is 0 Å². The van der Waals surface area contributed by atoms with Gasteiger partial charge in [-0.25, -0.2) is 0 Å². The van der Waals surface area contributed by atoms with Gasteiger partial charge in [0.15, 0.2) is 0 Å². The Morgan fingerprint density at radius 2 is 1.10 bits per heavy atom. The van der Waals surface area contributed by atoms with Gasteiger partial charge in [-0.05, 0) is 36.4 Å². The van der Waals surface area contributed by atoms with Crippen molar-refractivity contribution in [2.24, 2.45) is 0 Å². The number of rotatable bonds is 7. The Balaban J connectivity index is 1.79. The smallest absolute Gasteiger partial charge is 0.538 e. The maximum Gasteiger partial charge on any atom is 0.538 e. The van der Waals surface area contributed by atoms with Crippen molar-refractivity contribution in [3.63, 3.8) is 0 Å². The molecule has 1 saturated heterocycles. The zero-order chi connectivity index (χ0) is 20.1. The number of carbonyl (C=O) groups excluding carboxylic acids is 1. The second-order valence-corrected chi connectivity index (χ2v) is 6.13. The minimum absolute atomic E-state index is 0.369. The molecule has 29 heavy (non-hydrogen) atoms. The zero-order valence-electron chi connectivity index (χ0n) is 15.3. The molecule has 0 saturated carbocycles. The summed E-state index contributed by atoms with van der Waals surface area (Å²) < 4.78 is 18.1. The van der Waals surface area contributed by atoms with Crippen LogP contribution in [0.15, 0.2) is 91.0 Å². The van der Waals surface area contributed by atoms with Crippen LogP contribution in [0, 0.1) is 5.21 Å². The highest BCUT2D eigenvalue weighted by Crippen LogP contribution is 2.30. The molecule has 0 aliphatic carbocycles. The van der Waals surface area contributed by atoms with Crippen molar-refractivity contribution in [3.05, 3.63) is 96.2 Å². The number of carbonyl (C=O) groups is 1. The summed E-state index contributed by atoms with van der Waals surface area (Å²) in [7, 11) is 0. The Morgan fingerprint density at radius 3 is 1.41 bits per heavy atom. The third-order valence-electron chi connectivity index (χ3n) is 3.98. The molecule has 8 heteroatoms. The van der Waals surface area contributed by atoms with Gasteiger partial charge in [0.05, 0.1) is 6.54 Å². The van der Waals surface area contributed by atoms with Crippen LogP contribution in [-0.4, -0.2) is 28.7 Å². The molecule has 3 aromatic carbocycles. The van der Waals surface area contributed by atoms with Crippen LogP contribution in [0.1, 0.15) is 0 Å². The van der Waals surface area contributed by atoms with Crippen LogP contribution in [0.5, 0.6) is 17.2 Å². The van der Waals surface area contributed by atoms with Crippen LogP contribution < -0.4 is 19.7 Å². The van der Waals surface area contributed by atoms with Crippen molar-refractivity contribution in [1.29, 1.82) is 0 Å². The Kier molecular flexibility index (Phi) is 5.30. The maximum atomic E-state index is 12.6. The molecule has 8 nitrogen and oxygen atoms in total. The van der Waals surface area contributed by atoms with Crippen LogP contribution in [0.25, 0.3) is 0 Å². The molecule has 1 N–H and O–H groups in total. The molecule has 4 rings (SSSR count). The predicted octanol–water partition coefficient (Wildman–Crippen LogP) is 2.90. The van der Waals surface area contributed by atoms with Gasteiger partial charge in [-0.15, -0.1) is 5.01 Å². The quantitative estimate of drug-likeness (QED) is 0.619. The van der Waals surface area contributed by atoms with Gasteiger partial charge >= 0.3 is 6.10 Å². The van der Waals surface area contributed by atoms with E-state index in [9.17, 15) is 10.0 Å². The average molecular weight is 392 g/mol. The number of ether oxygens (including phenoxy) is 3. The topological polar surface area (TPSA) is 86.3 Å². The standard InChI is InChI=1S/C21H18N3O5/c25-20-16-23(26)22-24(20)21(27-17-10-4-1-5-11-17,28-18-12-6-2-7-13-18)29-19-14-8-3-9-15-19/h1-15,22H,16H2/q-1. The van der Waals surface area contributed by atoms with Crippen molar-refractivity contribution in [1.82, 2.24) is 15.7 Å². The normalized spacial score (nSPS) is 14.7. The number of nitrogens with one attached hydrogen (secondary N) is 1. The molecule has 1 aliphatic heterocycles. The second kappa shape index (κ2) is 8.19. The van der Waals surface area contributed by atoms with Crippen molar-refractivity contribution < 1.29 is 19.0 Å². The molecule has 0 atom stereocenters. The van der Waals surface area contributed by atoms with E-state index in [1.807, 2.05) is 18.2 Å². The van der Waals surface area contributed by atoms with Gasteiger partial charge in [0.2, 0.25) is 0 Å². The summed E-state index contributed by atoms with van der Waals surface area (Å²) in [5.41, 5.74) is 2.39. The van der Waals surface area contributed by atoms with E-state index < -0.39 is 18.5 Å².